The summed E-state index contributed by atoms with van der Waals surface area (Å²) in [6, 6.07) is 13.6. The van der Waals surface area contributed by atoms with Crippen molar-refractivity contribution in [2.75, 3.05) is 0 Å². The highest BCUT2D eigenvalue weighted by atomic mass is 32.8. The molecule has 0 saturated heterocycles. The SMILES string of the molecule is Cc1ccc(S(=O)(O)=S)cc1.Cc1ccc(S(=O)O)cc1. The number of aryl methyl sites for hydroxylation is 2. The van der Waals surface area contributed by atoms with Crippen LogP contribution in [0.3, 0.4) is 0 Å². The lowest BCUT2D eigenvalue weighted by Crippen LogP contribution is -1.95. The smallest absolute Gasteiger partial charge is 0.186 e. The van der Waals surface area contributed by atoms with Gasteiger partial charge in [0.2, 0.25) is 0 Å². The Morgan fingerprint density at radius 1 is 0.952 bits per heavy atom. The van der Waals surface area contributed by atoms with Crippen molar-refractivity contribution in [2.24, 2.45) is 0 Å². The summed E-state index contributed by atoms with van der Waals surface area (Å²) >= 11 is 2.54. The van der Waals surface area contributed by atoms with Gasteiger partial charge in [0.25, 0.3) is 0 Å². The monoisotopic (exact) mass is 344 g/mol. The van der Waals surface area contributed by atoms with E-state index in [0.717, 1.165) is 11.1 Å². The fourth-order valence-corrected chi connectivity index (χ4v) is 2.55. The van der Waals surface area contributed by atoms with Gasteiger partial charge in [-0.25, -0.2) is 8.42 Å². The highest BCUT2D eigenvalue weighted by molar-refractivity contribution is 8.29. The summed E-state index contributed by atoms with van der Waals surface area (Å²) in [6.45, 7) is 3.84. The van der Waals surface area contributed by atoms with Gasteiger partial charge < -0.3 is 9.11 Å². The second-order valence-corrected chi connectivity index (χ2v) is 8.10. The molecule has 0 saturated carbocycles. The van der Waals surface area contributed by atoms with Crippen LogP contribution in [-0.2, 0) is 31.0 Å². The lowest BCUT2D eigenvalue weighted by Gasteiger charge is -1.98. The van der Waals surface area contributed by atoms with E-state index in [9.17, 15) is 8.42 Å². The van der Waals surface area contributed by atoms with Crippen LogP contribution in [0.1, 0.15) is 11.1 Å². The fourth-order valence-electron chi connectivity index (χ4n) is 1.36. The highest BCUT2D eigenvalue weighted by Gasteiger charge is 2.02. The molecule has 0 aliphatic carbocycles. The van der Waals surface area contributed by atoms with Crippen molar-refractivity contribution >= 4 is 31.0 Å². The molecule has 21 heavy (non-hydrogen) atoms. The van der Waals surface area contributed by atoms with E-state index in [4.69, 9.17) is 9.11 Å². The summed E-state index contributed by atoms with van der Waals surface area (Å²) in [5.74, 6) is 0. The third kappa shape index (κ3) is 6.45. The first-order chi connectivity index (χ1) is 9.70. The minimum absolute atomic E-state index is 0.304. The Hall–Kier alpha value is -1.12. The molecule has 2 aromatic rings. The van der Waals surface area contributed by atoms with Crippen LogP contribution in [0.25, 0.3) is 0 Å². The van der Waals surface area contributed by atoms with Crippen LogP contribution in [0.5, 0.6) is 0 Å². The van der Waals surface area contributed by atoms with Crippen LogP contribution >= 0.6 is 0 Å². The van der Waals surface area contributed by atoms with Crippen molar-refractivity contribution in [3.8, 4) is 0 Å². The molecule has 2 aromatic carbocycles. The number of hydrogen-bond donors (Lipinski definition) is 2. The van der Waals surface area contributed by atoms with Gasteiger partial charge in [-0.05, 0) is 38.1 Å². The Balaban J connectivity index is 0.000000211. The first-order valence-electron chi connectivity index (χ1n) is 5.92. The number of rotatable bonds is 2. The van der Waals surface area contributed by atoms with Gasteiger partial charge in [0, 0.05) is 11.2 Å². The summed E-state index contributed by atoms with van der Waals surface area (Å²) in [7, 11) is -3.19. The van der Waals surface area contributed by atoms with E-state index in [2.05, 4.69) is 11.2 Å². The van der Waals surface area contributed by atoms with Gasteiger partial charge in [-0.2, -0.15) is 0 Å². The zero-order valence-electron chi connectivity index (χ0n) is 11.6. The molecular formula is C14H16O4S3. The molecule has 0 spiro atoms. The molecule has 2 rings (SSSR count). The Kier molecular flexibility index (Phi) is 6.63. The van der Waals surface area contributed by atoms with E-state index < -0.39 is 19.9 Å². The van der Waals surface area contributed by atoms with Crippen molar-refractivity contribution in [1.82, 2.24) is 0 Å². The molecule has 0 heterocycles. The van der Waals surface area contributed by atoms with Crippen molar-refractivity contribution in [2.45, 2.75) is 23.6 Å². The average molecular weight is 344 g/mol. The predicted molar refractivity (Wildman–Crippen MR) is 87.8 cm³/mol. The van der Waals surface area contributed by atoms with Crippen LogP contribution in [0.2, 0.25) is 0 Å². The summed E-state index contributed by atoms with van der Waals surface area (Å²) in [4.78, 5) is 0.753. The minimum atomic E-state index is -3.19. The van der Waals surface area contributed by atoms with Gasteiger partial charge >= 0.3 is 0 Å². The normalized spacial score (nSPS) is 14.5. The van der Waals surface area contributed by atoms with Crippen LogP contribution in [-0.4, -0.2) is 17.5 Å². The molecule has 0 aliphatic heterocycles. The van der Waals surface area contributed by atoms with Crippen molar-refractivity contribution < 1.29 is 17.5 Å². The van der Waals surface area contributed by atoms with E-state index in [0.29, 0.717) is 9.79 Å². The highest BCUT2D eigenvalue weighted by Crippen LogP contribution is 2.09. The molecule has 2 atom stereocenters. The molecule has 4 nitrogen and oxygen atoms in total. The Morgan fingerprint density at radius 2 is 1.33 bits per heavy atom. The van der Waals surface area contributed by atoms with Crippen molar-refractivity contribution in [3.63, 3.8) is 0 Å². The maximum atomic E-state index is 10.9. The van der Waals surface area contributed by atoms with Crippen LogP contribution in [0.15, 0.2) is 58.3 Å². The molecule has 0 aromatic heterocycles. The lowest BCUT2D eigenvalue weighted by atomic mass is 10.2. The summed E-state index contributed by atoms with van der Waals surface area (Å²) in [6.07, 6.45) is 0. The number of benzene rings is 2. The topological polar surface area (TPSA) is 74.6 Å². The van der Waals surface area contributed by atoms with Gasteiger partial charge in [-0.1, -0.05) is 35.4 Å². The summed E-state index contributed by atoms with van der Waals surface area (Å²) in [5.41, 5.74) is 2.14. The second kappa shape index (κ2) is 7.77. The Labute approximate surface area is 132 Å². The Morgan fingerprint density at radius 3 is 1.67 bits per heavy atom. The van der Waals surface area contributed by atoms with Crippen molar-refractivity contribution in [3.05, 3.63) is 59.7 Å². The molecule has 0 aliphatic rings. The quantitative estimate of drug-likeness (QED) is 0.819. The standard InChI is InChI=1S/C7H8O2S2.C7H8O2S/c1-6-2-4-7(5-3-6)11(8,9)10;1-6-2-4-7(5-3-6)10(8)9/h2-5H,1H3,(H,8,9,10);2-5H,1H3,(H,8,9). The van der Waals surface area contributed by atoms with E-state index in [1.54, 1.807) is 36.4 Å². The van der Waals surface area contributed by atoms with Crippen LogP contribution in [0, 0.1) is 13.8 Å². The third-order valence-electron chi connectivity index (χ3n) is 2.54. The first kappa shape index (κ1) is 17.9. The van der Waals surface area contributed by atoms with E-state index in [1.807, 2.05) is 26.0 Å². The molecule has 114 valence electrons. The zero-order valence-corrected chi connectivity index (χ0v) is 14.0. The van der Waals surface area contributed by atoms with Gasteiger partial charge in [0.05, 0.1) is 9.79 Å². The van der Waals surface area contributed by atoms with E-state index in [-0.39, 0.29) is 0 Å². The second-order valence-electron chi connectivity index (χ2n) is 4.35. The minimum Gasteiger partial charge on any atom is -0.302 e. The largest absolute Gasteiger partial charge is 0.302 e. The van der Waals surface area contributed by atoms with E-state index >= 15 is 0 Å². The van der Waals surface area contributed by atoms with Crippen LogP contribution in [0.4, 0.5) is 0 Å². The summed E-state index contributed by atoms with van der Waals surface area (Å²) in [5, 5.41) is 0. The molecule has 7 heteroatoms. The van der Waals surface area contributed by atoms with Gasteiger partial charge in [-0.3, -0.25) is 0 Å². The van der Waals surface area contributed by atoms with E-state index in [1.165, 1.54) is 0 Å². The van der Waals surface area contributed by atoms with Crippen molar-refractivity contribution in [1.29, 1.82) is 0 Å². The first-order valence-corrected chi connectivity index (χ1v) is 9.46. The van der Waals surface area contributed by atoms with Gasteiger partial charge in [-0.15, -0.1) is 0 Å². The van der Waals surface area contributed by atoms with Gasteiger partial charge in [0.15, 0.2) is 19.9 Å². The molecule has 2 unspecified atom stereocenters. The number of hydrogen-bond acceptors (Lipinski definition) is 3. The summed E-state index contributed by atoms with van der Waals surface area (Å²) < 4.78 is 38.8. The Bertz CT molecular complexity index is 705. The maximum absolute atomic E-state index is 10.9. The predicted octanol–water partition coefficient (Wildman–Crippen LogP) is 3.15. The third-order valence-corrected chi connectivity index (χ3v) is 4.66. The molecule has 0 amide bonds. The molecule has 2 N–H and O–H groups in total. The molecular weight excluding hydrogens is 328 g/mol. The maximum Gasteiger partial charge on any atom is 0.186 e. The average Bonchev–Trinajstić information content (AvgIpc) is 2.39. The lowest BCUT2D eigenvalue weighted by molar-refractivity contribution is 0.561. The van der Waals surface area contributed by atoms with Gasteiger partial charge in [0.1, 0.15) is 0 Å². The zero-order chi connectivity index (χ0) is 16.0. The fraction of sp³-hybridized carbons (Fsp3) is 0.143. The molecule has 0 fully saturated rings. The molecule has 0 radical (unpaired) electrons. The molecule has 0 bridgehead atoms. The van der Waals surface area contributed by atoms with Crippen LogP contribution < -0.4 is 0 Å².